The Morgan fingerprint density at radius 3 is 1.24 bits per heavy atom. The van der Waals surface area contributed by atoms with Crippen molar-refractivity contribution in [1.29, 1.82) is 0 Å². The van der Waals surface area contributed by atoms with Crippen LogP contribution in [0.4, 0.5) is 0 Å². The molecule has 0 bridgehead atoms. The van der Waals surface area contributed by atoms with Crippen molar-refractivity contribution in [2.75, 3.05) is 52.9 Å². The number of nitrogens with one attached hydrogen (secondary N) is 3. The Morgan fingerprint density at radius 1 is 0.400 bits per heavy atom. The first kappa shape index (κ1) is 66.4. The normalized spacial score (nSPS) is 46.8. The van der Waals surface area contributed by atoms with Crippen LogP contribution in [0.15, 0.2) is 0 Å². The molecule has 21 N–H and O–H groups in total. The van der Waals surface area contributed by atoms with Gasteiger partial charge >= 0.3 is 0 Å². The number of aliphatic hydroxyl groups excluding tert-OH is 18. The number of amides is 3. The second kappa shape index (κ2) is 29.8. The number of carbonyl (C=O) groups is 3. The fourth-order valence-electron chi connectivity index (χ4n) is 9.91. The van der Waals surface area contributed by atoms with Crippen LogP contribution in [0, 0.1) is 0 Å². The molecule has 464 valence electrons. The number of aliphatic hydroxyl groups is 18. The lowest BCUT2D eigenvalue weighted by Gasteiger charge is -2.51. The molecule has 36 heteroatoms. The van der Waals surface area contributed by atoms with Crippen molar-refractivity contribution in [3.63, 3.8) is 0 Å². The summed E-state index contributed by atoms with van der Waals surface area (Å²) in [4.78, 5) is 36.2. The largest absolute Gasteiger partial charge is 0.394 e. The Bertz CT molecular complexity index is 1920. The molecule has 0 unspecified atom stereocenters. The minimum Gasteiger partial charge on any atom is -0.394 e. The Labute approximate surface area is 453 Å². The second-order valence-corrected chi connectivity index (χ2v) is 19.7. The van der Waals surface area contributed by atoms with Crippen molar-refractivity contribution in [2.24, 2.45) is 0 Å². The van der Waals surface area contributed by atoms with E-state index in [-0.39, 0.29) is 6.41 Å². The van der Waals surface area contributed by atoms with Gasteiger partial charge in [0.25, 0.3) is 0 Å². The lowest BCUT2D eigenvalue weighted by molar-refractivity contribution is -0.385. The third kappa shape index (κ3) is 14.8. The molecule has 31 atom stereocenters. The van der Waals surface area contributed by atoms with E-state index < -0.39 is 255 Å². The Kier molecular flexibility index (Phi) is 24.7. The van der Waals surface area contributed by atoms with E-state index in [1.54, 1.807) is 0 Å². The Morgan fingerprint density at radius 2 is 0.750 bits per heavy atom. The van der Waals surface area contributed by atoms with Crippen LogP contribution in [-0.4, -0.2) is 353 Å². The van der Waals surface area contributed by atoms with Crippen molar-refractivity contribution in [1.82, 2.24) is 16.0 Å². The standard InChI is InChI=1S/C44H75N3O33/c1-12(56)46-21-26(61)34(77-42-30(65)27(62)23(58)15(4-49)71-42)18(7-52)73-39(21)80-38-25(60)17(6-51)72-44(33(38)68)79-37-22(47-13(2)57)40(70-16(5-50)24(37)59)76-35-20(9-54)75-43(32(67)29(35)64)78-36-19(8-53)74-41(31(66)28(36)63)69-10-14(3-48)45-11-55/h11,14-44,48-54,58-68H,3-10H2,1-2H3,(H,45,55)(H,46,56)(H,47,57)/t14-,15-,16-,17-,18-,19-,20-,21-,22-,23+,24+,25+,26-,27+,28-,29-,30-,31-,32-,33-,34-,35+,36-,37-,38+,39+,40+,41-,42+,43+,44+/m1/s1. The predicted octanol–water partition coefficient (Wildman–Crippen LogP) is -14.7. The van der Waals surface area contributed by atoms with Crippen molar-refractivity contribution >= 4 is 18.2 Å². The molecule has 80 heavy (non-hydrogen) atoms. The summed E-state index contributed by atoms with van der Waals surface area (Å²) in [6, 6.07) is -4.52. The van der Waals surface area contributed by atoms with Crippen molar-refractivity contribution < 1.29 is 163 Å². The molecule has 0 aromatic heterocycles. The molecule has 0 saturated carbocycles. The van der Waals surface area contributed by atoms with Gasteiger partial charge in [-0.25, -0.2) is 0 Å². The summed E-state index contributed by atoms with van der Waals surface area (Å²) in [6.45, 7) is -4.95. The number of carbonyl (C=O) groups excluding carboxylic acids is 3. The fraction of sp³-hybridized carbons (Fsp3) is 0.932. The first-order chi connectivity index (χ1) is 38.0. The van der Waals surface area contributed by atoms with Gasteiger partial charge in [0, 0.05) is 13.8 Å². The van der Waals surface area contributed by atoms with Gasteiger partial charge in [0.15, 0.2) is 37.7 Å². The maximum absolute atomic E-state index is 12.8. The van der Waals surface area contributed by atoms with Crippen LogP contribution in [0.2, 0.25) is 0 Å². The van der Waals surface area contributed by atoms with E-state index in [0.717, 1.165) is 13.8 Å². The minimum atomic E-state index is -2.26. The molecule has 3 amide bonds. The average molecular weight is 1170 g/mol. The molecule has 6 heterocycles. The van der Waals surface area contributed by atoms with Crippen molar-refractivity contribution in [3.05, 3.63) is 0 Å². The number of ether oxygens (including phenoxy) is 12. The summed E-state index contributed by atoms with van der Waals surface area (Å²) in [5.74, 6) is -1.72. The molecule has 6 fully saturated rings. The fourth-order valence-corrected chi connectivity index (χ4v) is 9.91. The molecule has 36 nitrogen and oxygen atoms in total. The zero-order valence-electron chi connectivity index (χ0n) is 42.8. The third-order valence-corrected chi connectivity index (χ3v) is 14.2. The van der Waals surface area contributed by atoms with E-state index in [0.29, 0.717) is 0 Å². The molecular weight excluding hydrogens is 1100 g/mol. The van der Waals surface area contributed by atoms with Crippen LogP contribution < -0.4 is 16.0 Å². The van der Waals surface area contributed by atoms with Crippen LogP contribution in [0.3, 0.4) is 0 Å². The van der Waals surface area contributed by atoms with Crippen LogP contribution in [0.5, 0.6) is 0 Å². The summed E-state index contributed by atoms with van der Waals surface area (Å²) >= 11 is 0. The molecular formula is C44H75N3O33. The van der Waals surface area contributed by atoms with Gasteiger partial charge in [-0.1, -0.05) is 0 Å². The zero-order chi connectivity index (χ0) is 59.0. The van der Waals surface area contributed by atoms with Crippen molar-refractivity contribution in [2.45, 2.75) is 204 Å². The third-order valence-electron chi connectivity index (χ3n) is 14.2. The van der Waals surface area contributed by atoms with Gasteiger partial charge in [0.1, 0.15) is 146 Å². The topological polar surface area (TPSA) is 562 Å². The molecule has 6 aliphatic rings. The van der Waals surface area contributed by atoms with E-state index in [1.165, 1.54) is 0 Å². The molecule has 6 saturated heterocycles. The smallest absolute Gasteiger partial charge is 0.217 e. The average Bonchev–Trinajstić information content (AvgIpc) is 3.58. The maximum atomic E-state index is 12.8. The monoisotopic (exact) mass is 1170 g/mol. The van der Waals surface area contributed by atoms with Crippen LogP contribution in [0.1, 0.15) is 13.8 Å². The number of hydrogen-bond acceptors (Lipinski definition) is 33. The van der Waals surface area contributed by atoms with Gasteiger partial charge < -0.3 is 165 Å². The van der Waals surface area contributed by atoms with E-state index in [4.69, 9.17) is 56.8 Å². The van der Waals surface area contributed by atoms with Gasteiger partial charge in [-0.15, -0.1) is 0 Å². The van der Waals surface area contributed by atoms with Gasteiger partial charge in [-0.3, -0.25) is 14.4 Å². The van der Waals surface area contributed by atoms with Crippen LogP contribution >= 0.6 is 0 Å². The number of rotatable bonds is 24. The van der Waals surface area contributed by atoms with Crippen LogP contribution in [-0.2, 0) is 71.2 Å². The quantitative estimate of drug-likeness (QED) is 0.0399. The van der Waals surface area contributed by atoms with E-state index in [9.17, 15) is 106 Å². The summed E-state index contributed by atoms with van der Waals surface area (Å²) in [5.41, 5.74) is 0. The second-order valence-electron chi connectivity index (χ2n) is 19.7. The molecule has 6 rings (SSSR count). The summed E-state index contributed by atoms with van der Waals surface area (Å²) in [5, 5.41) is 200. The SMILES string of the molecule is CC(=O)N[C@H]1[C@H](O[C@H]2[C@@H](O)[C@@H](CO)O[C@@H](O[C@H]3[C@@H](O)[C@@H](CO)O[C@@H](O[C@@H]4[C@H](O)[C@@H](O)[C@H](O[C@H]5[C@H](O)[C@@H](O)[C@H](OC[C@@H](CO)NC=O)O[C@@H]5CO)O[C@@H]4CO)[C@@H]3NC(C)=O)[C@@H]2O)O[C@H](CO)[C@@H](O[C@@H]2O[C@H](CO)[C@H](O)[C@H](O)[C@H]2O)[C@@H]1O. The first-order valence-corrected chi connectivity index (χ1v) is 25.3. The minimum absolute atomic E-state index is 0.277. The molecule has 0 aromatic carbocycles. The van der Waals surface area contributed by atoms with E-state index in [1.807, 2.05) is 0 Å². The lowest BCUT2D eigenvalue weighted by Crippen LogP contribution is -2.71. The lowest BCUT2D eigenvalue weighted by atomic mass is 9.93. The van der Waals surface area contributed by atoms with E-state index >= 15 is 0 Å². The van der Waals surface area contributed by atoms with Crippen molar-refractivity contribution in [3.8, 4) is 0 Å². The summed E-state index contributed by atoms with van der Waals surface area (Å²) < 4.78 is 68.9. The Hall–Kier alpha value is -2.79. The highest BCUT2D eigenvalue weighted by Gasteiger charge is 2.58. The molecule has 0 radical (unpaired) electrons. The van der Waals surface area contributed by atoms with E-state index in [2.05, 4.69) is 16.0 Å². The predicted molar refractivity (Wildman–Crippen MR) is 246 cm³/mol. The maximum Gasteiger partial charge on any atom is 0.217 e. The molecule has 0 aromatic rings. The Balaban J connectivity index is 1.20. The van der Waals surface area contributed by atoms with Gasteiger partial charge in [-0.2, -0.15) is 0 Å². The highest BCUT2D eigenvalue weighted by Crippen LogP contribution is 2.37. The number of hydrogen-bond donors (Lipinski definition) is 21. The zero-order valence-corrected chi connectivity index (χ0v) is 42.8. The van der Waals surface area contributed by atoms with Gasteiger partial charge in [0.05, 0.1) is 58.9 Å². The molecule has 6 aliphatic heterocycles. The summed E-state index contributed by atoms with van der Waals surface area (Å²) in [6.07, 6.45) is -53.1. The highest BCUT2D eigenvalue weighted by atomic mass is 16.8. The first-order valence-electron chi connectivity index (χ1n) is 25.3. The molecule has 0 aliphatic carbocycles. The highest BCUT2D eigenvalue weighted by molar-refractivity contribution is 5.73. The molecule has 0 spiro atoms. The van der Waals surface area contributed by atoms with Gasteiger partial charge in [0.2, 0.25) is 18.2 Å². The van der Waals surface area contributed by atoms with Gasteiger partial charge in [-0.05, 0) is 0 Å². The van der Waals surface area contributed by atoms with Crippen LogP contribution in [0.25, 0.3) is 0 Å². The summed E-state index contributed by atoms with van der Waals surface area (Å²) in [7, 11) is 0.